The summed E-state index contributed by atoms with van der Waals surface area (Å²) in [5, 5.41) is 2.18. The SMILES string of the molecule is CCCCCOc1ccc2c(c1)[nH]c1cc(C#Cc3ccc(-c4ccc(F)c(F)c4)cc3F)ccc12. The fourth-order valence-corrected chi connectivity index (χ4v) is 4.21. The number of aromatic nitrogens is 1. The summed E-state index contributed by atoms with van der Waals surface area (Å²) < 4.78 is 47.3. The van der Waals surface area contributed by atoms with E-state index in [9.17, 15) is 13.2 Å². The van der Waals surface area contributed by atoms with Crippen LogP contribution >= 0.6 is 0 Å². The van der Waals surface area contributed by atoms with Gasteiger partial charge in [0.2, 0.25) is 0 Å². The zero-order valence-electron chi connectivity index (χ0n) is 19.8. The third-order valence-electron chi connectivity index (χ3n) is 6.15. The van der Waals surface area contributed by atoms with Gasteiger partial charge in [0.25, 0.3) is 0 Å². The maximum atomic E-state index is 14.7. The van der Waals surface area contributed by atoms with Gasteiger partial charge in [0, 0.05) is 27.9 Å². The van der Waals surface area contributed by atoms with E-state index in [1.807, 2.05) is 30.3 Å². The van der Waals surface area contributed by atoms with Crippen molar-refractivity contribution in [2.24, 2.45) is 0 Å². The molecule has 5 rings (SSSR count). The Morgan fingerprint density at radius 2 is 1.42 bits per heavy atom. The second-order valence-corrected chi connectivity index (χ2v) is 8.72. The van der Waals surface area contributed by atoms with Gasteiger partial charge in [-0.2, -0.15) is 0 Å². The Kier molecular flexibility index (Phi) is 6.69. The highest BCUT2D eigenvalue weighted by Crippen LogP contribution is 2.29. The van der Waals surface area contributed by atoms with E-state index in [0.717, 1.165) is 64.5 Å². The molecule has 1 aromatic heterocycles. The summed E-state index contributed by atoms with van der Waals surface area (Å²) in [4.78, 5) is 3.42. The monoisotopic (exact) mass is 483 g/mol. The first-order chi connectivity index (χ1) is 17.5. The van der Waals surface area contributed by atoms with Gasteiger partial charge in [0.15, 0.2) is 11.6 Å². The minimum absolute atomic E-state index is 0.225. The van der Waals surface area contributed by atoms with E-state index in [-0.39, 0.29) is 5.56 Å². The number of aromatic amines is 1. The Bertz CT molecular complexity index is 1620. The second kappa shape index (κ2) is 10.2. The summed E-state index contributed by atoms with van der Waals surface area (Å²) in [7, 11) is 0. The molecule has 0 bridgehead atoms. The molecule has 0 aliphatic heterocycles. The molecular formula is C31H24F3NO. The predicted octanol–water partition coefficient (Wildman–Crippen LogP) is 8.37. The number of hydrogen-bond donors (Lipinski definition) is 1. The number of hydrogen-bond acceptors (Lipinski definition) is 1. The largest absolute Gasteiger partial charge is 0.494 e. The molecule has 180 valence electrons. The van der Waals surface area contributed by atoms with Crippen LogP contribution in [0.3, 0.4) is 0 Å². The molecule has 0 radical (unpaired) electrons. The van der Waals surface area contributed by atoms with Crippen LogP contribution in [0, 0.1) is 29.3 Å². The normalized spacial score (nSPS) is 11.0. The van der Waals surface area contributed by atoms with Crippen molar-refractivity contribution in [1.82, 2.24) is 4.98 Å². The van der Waals surface area contributed by atoms with Crippen LogP contribution in [0.4, 0.5) is 13.2 Å². The predicted molar refractivity (Wildman–Crippen MR) is 139 cm³/mol. The zero-order chi connectivity index (χ0) is 25.1. The molecule has 0 amide bonds. The molecule has 0 unspecified atom stereocenters. The van der Waals surface area contributed by atoms with Crippen LogP contribution < -0.4 is 4.74 Å². The maximum absolute atomic E-state index is 14.7. The van der Waals surface area contributed by atoms with Gasteiger partial charge in [-0.15, -0.1) is 0 Å². The van der Waals surface area contributed by atoms with Gasteiger partial charge in [0.1, 0.15) is 11.6 Å². The van der Waals surface area contributed by atoms with Crippen LogP contribution in [0.1, 0.15) is 37.3 Å². The topological polar surface area (TPSA) is 25.0 Å². The lowest BCUT2D eigenvalue weighted by Crippen LogP contribution is -1.96. The van der Waals surface area contributed by atoms with E-state index in [4.69, 9.17) is 4.74 Å². The molecule has 0 fully saturated rings. The van der Waals surface area contributed by atoms with Crippen LogP contribution in [0.15, 0.2) is 72.8 Å². The zero-order valence-corrected chi connectivity index (χ0v) is 19.8. The number of ether oxygens (including phenoxy) is 1. The number of H-pyrrole nitrogens is 1. The average molecular weight is 484 g/mol. The number of benzene rings is 4. The highest BCUT2D eigenvalue weighted by Gasteiger charge is 2.09. The molecule has 0 saturated carbocycles. The minimum atomic E-state index is -0.972. The lowest BCUT2D eigenvalue weighted by Gasteiger charge is -2.05. The maximum Gasteiger partial charge on any atom is 0.159 e. The Labute approximate surface area is 207 Å². The summed E-state index contributed by atoms with van der Waals surface area (Å²) in [5.41, 5.74) is 3.74. The second-order valence-electron chi connectivity index (χ2n) is 8.72. The standard InChI is InChI=1S/C31H24F3NO/c1-2-3-4-15-36-24-11-13-26-25-12-6-20(16-30(25)35-31(26)19-24)5-7-21-8-9-22(17-28(21)33)23-10-14-27(32)29(34)18-23/h6,8-14,16-19,35H,2-4,15H2,1H3. The average Bonchev–Trinajstić information content (AvgIpc) is 3.24. The van der Waals surface area contributed by atoms with Crippen molar-refractivity contribution in [3.8, 4) is 28.7 Å². The van der Waals surface area contributed by atoms with Gasteiger partial charge in [-0.05, 0) is 66.1 Å². The molecule has 0 spiro atoms. The Hall–Kier alpha value is -4.17. The Balaban J connectivity index is 1.38. The molecule has 0 saturated heterocycles. The summed E-state index contributed by atoms with van der Waals surface area (Å²) in [6, 6.07) is 19.9. The van der Waals surface area contributed by atoms with Gasteiger partial charge >= 0.3 is 0 Å². The van der Waals surface area contributed by atoms with Crippen molar-refractivity contribution >= 4 is 21.8 Å². The molecule has 5 heteroatoms. The lowest BCUT2D eigenvalue weighted by atomic mass is 10.0. The van der Waals surface area contributed by atoms with E-state index >= 15 is 0 Å². The summed E-state index contributed by atoms with van der Waals surface area (Å²) in [5.74, 6) is 4.30. The summed E-state index contributed by atoms with van der Waals surface area (Å²) in [6.07, 6.45) is 3.35. The third-order valence-corrected chi connectivity index (χ3v) is 6.15. The number of nitrogens with one attached hydrogen (secondary N) is 1. The fourth-order valence-electron chi connectivity index (χ4n) is 4.21. The molecule has 1 heterocycles. The van der Waals surface area contributed by atoms with Gasteiger partial charge in [-0.25, -0.2) is 13.2 Å². The molecule has 36 heavy (non-hydrogen) atoms. The van der Waals surface area contributed by atoms with Crippen LogP contribution in [-0.2, 0) is 0 Å². The first-order valence-corrected chi connectivity index (χ1v) is 12.0. The quantitative estimate of drug-likeness (QED) is 0.190. The number of rotatable bonds is 6. The molecule has 2 nitrogen and oxygen atoms in total. The van der Waals surface area contributed by atoms with E-state index in [0.29, 0.717) is 17.7 Å². The lowest BCUT2D eigenvalue weighted by molar-refractivity contribution is 0.306. The first kappa shape index (κ1) is 23.6. The van der Waals surface area contributed by atoms with Crippen LogP contribution in [0.5, 0.6) is 5.75 Å². The summed E-state index contributed by atoms with van der Waals surface area (Å²) >= 11 is 0. The number of unbranched alkanes of at least 4 members (excludes halogenated alkanes) is 2. The first-order valence-electron chi connectivity index (χ1n) is 12.0. The van der Waals surface area contributed by atoms with Gasteiger partial charge in [0.05, 0.1) is 17.7 Å². The van der Waals surface area contributed by atoms with Gasteiger partial charge in [-0.1, -0.05) is 49.8 Å². The molecule has 5 aromatic rings. The molecular weight excluding hydrogens is 459 g/mol. The fraction of sp³-hybridized carbons (Fsp3) is 0.161. The highest BCUT2D eigenvalue weighted by molar-refractivity contribution is 6.07. The van der Waals surface area contributed by atoms with Gasteiger partial charge in [-0.3, -0.25) is 0 Å². The summed E-state index contributed by atoms with van der Waals surface area (Å²) in [6.45, 7) is 2.87. The molecule has 0 aliphatic rings. The van der Waals surface area contributed by atoms with Crippen molar-refractivity contribution in [2.45, 2.75) is 26.2 Å². The van der Waals surface area contributed by atoms with Crippen molar-refractivity contribution < 1.29 is 17.9 Å². The third kappa shape index (κ3) is 4.94. The minimum Gasteiger partial charge on any atom is -0.494 e. The van der Waals surface area contributed by atoms with Crippen LogP contribution in [0.2, 0.25) is 0 Å². The van der Waals surface area contributed by atoms with Crippen LogP contribution in [-0.4, -0.2) is 11.6 Å². The van der Waals surface area contributed by atoms with Crippen molar-refractivity contribution in [2.75, 3.05) is 6.61 Å². The number of fused-ring (bicyclic) bond motifs is 3. The van der Waals surface area contributed by atoms with E-state index in [2.05, 4.69) is 29.8 Å². The highest BCUT2D eigenvalue weighted by atomic mass is 19.2. The van der Waals surface area contributed by atoms with E-state index < -0.39 is 17.5 Å². The Morgan fingerprint density at radius 1 is 0.694 bits per heavy atom. The van der Waals surface area contributed by atoms with E-state index in [1.54, 1.807) is 12.1 Å². The molecule has 0 atom stereocenters. The van der Waals surface area contributed by atoms with E-state index in [1.165, 1.54) is 12.1 Å². The molecule has 0 aliphatic carbocycles. The van der Waals surface area contributed by atoms with Crippen molar-refractivity contribution in [3.05, 3.63) is 101 Å². The van der Waals surface area contributed by atoms with Crippen LogP contribution in [0.25, 0.3) is 32.9 Å². The van der Waals surface area contributed by atoms with Crippen molar-refractivity contribution in [3.63, 3.8) is 0 Å². The Morgan fingerprint density at radius 3 is 2.17 bits per heavy atom. The van der Waals surface area contributed by atoms with Crippen molar-refractivity contribution in [1.29, 1.82) is 0 Å². The smallest absolute Gasteiger partial charge is 0.159 e. The molecule has 1 N–H and O–H groups in total. The number of halogens is 3. The molecule has 4 aromatic carbocycles. The van der Waals surface area contributed by atoms with Gasteiger partial charge < -0.3 is 9.72 Å².